The number of nitrogens with two attached hydrogens (primary N) is 1. The van der Waals surface area contributed by atoms with Gasteiger partial charge in [-0.3, -0.25) is 9.59 Å². The number of ether oxygens (including phenoxy) is 4. The second-order valence-corrected chi connectivity index (χ2v) is 19.4. The van der Waals surface area contributed by atoms with Gasteiger partial charge in [-0.25, -0.2) is 4.79 Å². The van der Waals surface area contributed by atoms with Gasteiger partial charge in [0.15, 0.2) is 17.9 Å². The van der Waals surface area contributed by atoms with Crippen LogP contribution in [0.4, 0.5) is 4.79 Å². The van der Waals surface area contributed by atoms with Gasteiger partial charge in [0.25, 0.3) is 0 Å². The zero-order valence-corrected chi connectivity index (χ0v) is 42.3. The topological polar surface area (TPSA) is 361 Å². The molecule has 2 bridgehead atoms. The Kier molecular flexibility index (Phi) is 28.1. The molecule has 15 N–H and O–H groups in total. The van der Waals surface area contributed by atoms with E-state index in [1.165, 1.54) is 6.92 Å². The minimum Gasteiger partial charge on any atom is -0.462 e. The number of ketones is 1. The molecule has 0 aromatic carbocycles. The summed E-state index contributed by atoms with van der Waals surface area (Å²) in [5.41, 5.74) is 6.10. The SMILES string of the molecule is CC1OC(=O)C[C@H](O)C[C@H](O)CC[C@@H](O)[C@H](O)C[C@H](O)C[C@]2(O)C[C@H](O)[C@@H](NC(=O)NCC(=O)CCCO)[C@H](C[C@@H](O[C@@H]3O[C@H](C)[C@@H](O)[C@H](N)[C@@H]3O)/C=C/C=C/C=C/C=C/C=C/C=C/C=C/[C@H](C)[C@@H](O)[C@H]1C)O2. The zero-order valence-electron chi connectivity index (χ0n) is 42.3. The Hall–Kier alpha value is -4.01. The molecule has 0 aliphatic carbocycles. The summed E-state index contributed by atoms with van der Waals surface area (Å²) < 4.78 is 23.7. The quantitative estimate of drug-likeness (QED) is 0.143. The van der Waals surface area contributed by atoms with Gasteiger partial charge in [-0.1, -0.05) is 98.9 Å². The number of amides is 2. The number of fused-ring (bicyclic) bond motifs is 2. The molecule has 0 saturated carbocycles. The maximum Gasteiger partial charge on any atom is 0.315 e. The standard InChI is InChI=1S/C52H83N3O18/c1-31-18-15-13-11-9-7-5-6-8-10-12-14-16-20-39(72-50-49(67)45(53)48(66)34(4)71-50)27-43-46(55-51(68)54-30-36(58)19-17-23-56)42(63)29-52(69,73-43)28-38(60)25-41(62)40(61)22-21-35(57)24-37(59)26-44(64)70-33(3)32(2)47(31)65/h5-16,18,20,31-35,37-43,45-50,56-57,59-63,65-67,69H,17,19,21-30,53H2,1-4H3,(H2,54,55,68)/b6-5+,9-7+,10-8+,13-11+,14-12+,18-15+,20-16+/t31-,32-,33?,34+,35+,37+,38-,39-,40+,41+,42-,43-,45-,46+,47+,48+,49-,50-,52+/m0/s1. The predicted octanol–water partition coefficient (Wildman–Crippen LogP) is 0.0203. The third-order valence-electron chi connectivity index (χ3n) is 13.1. The molecule has 19 atom stereocenters. The van der Waals surface area contributed by atoms with Crippen LogP contribution in [0.5, 0.6) is 0 Å². The molecule has 3 heterocycles. The lowest BCUT2D eigenvalue weighted by molar-refractivity contribution is -0.303. The Morgan fingerprint density at radius 1 is 0.712 bits per heavy atom. The van der Waals surface area contributed by atoms with Crippen LogP contribution in [0.3, 0.4) is 0 Å². The summed E-state index contributed by atoms with van der Waals surface area (Å²) in [6.45, 7) is 6.12. The number of aliphatic hydroxyl groups excluding tert-OH is 10. The van der Waals surface area contributed by atoms with Gasteiger partial charge in [-0.05, 0) is 39.5 Å². The lowest BCUT2D eigenvalue weighted by Gasteiger charge is -2.46. The van der Waals surface area contributed by atoms with Crippen molar-refractivity contribution < 1.29 is 89.5 Å². The van der Waals surface area contributed by atoms with E-state index in [0.29, 0.717) is 0 Å². The number of aliphatic hydroxyl groups is 11. The Bertz CT molecular complexity index is 1880. The Labute approximate surface area is 428 Å². The van der Waals surface area contributed by atoms with Gasteiger partial charge in [-0.2, -0.15) is 0 Å². The van der Waals surface area contributed by atoms with Crippen LogP contribution in [-0.4, -0.2) is 191 Å². The lowest BCUT2D eigenvalue weighted by Crippen LogP contribution is -2.64. The van der Waals surface area contributed by atoms with E-state index >= 15 is 0 Å². The van der Waals surface area contributed by atoms with Crippen molar-refractivity contribution in [3.8, 4) is 0 Å². The number of Topliss-reactive ketones (excluding diaryl/α,β-unsaturated/α-hetero) is 1. The number of urea groups is 1. The summed E-state index contributed by atoms with van der Waals surface area (Å²) in [6.07, 6.45) is 3.90. The third-order valence-corrected chi connectivity index (χ3v) is 13.1. The average molecular weight is 1040 g/mol. The number of allylic oxidation sites excluding steroid dienone is 12. The van der Waals surface area contributed by atoms with Crippen molar-refractivity contribution in [1.82, 2.24) is 10.6 Å². The Morgan fingerprint density at radius 2 is 1.32 bits per heavy atom. The fraction of sp³-hybridized carbons (Fsp3) is 0.673. The van der Waals surface area contributed by atoms with Gasteiger partial charge in [-0.15, -0.1) is 0 Å². The maximum atomic E-state index is 13.2. The summed E-state index contributed by atoms with van der Waals surface area (Å²) in [5.74, 6) is -4.19. The van der Waals surface area contributed by atoms with Crippen molar-refractivity contribution in [3.63, 3.8) is 0 Å². The van der Waals surface area contributed by atoms with Crippen LogP contribution in [0.25, 0.3) is 0 Å². The normalized spacial score (nSPS) is 41.7. The van der Waals surface area contributed by atoms with Crippen LogP contribution in [0.1, 0.15) is 91.9 Å². The monoisotopic (exact) mass is 1040 g/mol. The Morgan fingerprint density at radius 3 is 1.93 bits per heavy atom. The first-order valence-electron chi connectivity index (χ1n) is 25.2. The van der Waals surface area contributed by atoms with E-state index in [4.69, 9.17) is 29.8 Å². The van der Waals surface area contributed by atoms with Crippen molar-refractivity contribution in [2.45, 2.75) is 195 Å². The van der Waals surface area contributed by atoms with Crippen LogP contribution in [0.2, 0.25) is 0 Å². The summed E-state index contributed by atoms with van der Waals surface area (Å²) in [6, 6.07) is -3.34. The molecule has 21 heteroatoms. The maximum absolute atomic E-state index is 13.2. The number of rotatable bonds is 8. The smallest absolute Gasteiger partial charge is 0.315 e. The van der Waals surface area contributed by atoms with Crippen LogP contribution in [0, 0.1) is 11.8 Å². The molecule has 2 fully saturated rings. The molecule has 0 aromatic rings. The zero-order chi connectivity index (χ0) is 54.3. The van der Waals surface area contributed by atoms with Crippen molar-refractivity contribution in [3.05, 3.63) is 85.1 Å². The molecule has 73 heavy (non-hydrogen) atoms. The van der Waals surface area contributed by atoms with Gasteiger partial charge in [0.2, 0.25) is 0 Å². The first-order chi connectivity index (χ1) is 34.5. The molecule has 21 nitrogen and oxygen atoms in total. The summed E-state index contributed by atoms with van der Waals surface area (Å²) >= 11 is 0. The highest BCUT2D eigenvalue weighted by molar-refractivity contribution is 5.85. The fourth-order valence-corrected chi connectivity index (χ4v) is 8.58. The molecule has 3 aliphatic heterocycles. The average Bonchev–Trinajstić information content (AvgIpc) is 3.32. The second kappa shape index (κ2) is 32.4. The van der Waals surface area contributed by atoms with Gasteiger partial charge in [0, 0.05) is 50.5 Å². The Balaban J connectivity index is 1.94. The van der Waals surface area contributed by atoms with Crippen LogP contribution in [0.15, 0.2) is 85.1 Å². The molecule has 414 valence electrons. The molecular formula is C52H83N3O18. The van der Waals surface area contributed by atoms with Crippen molar-refractivity contribution >= 4 is 17.8 Å². The van der Waals surface area contributed by atoms with Crippen LogP contribution < -0.4 is 16.4 Å². The van der Waals surface area contributed by atoms with E-state index in [1.807, 2.05) is 19.1 Å². The van der Waals surface area contributed by atoms with Crippen LogP contribution >= 0.6 is 0 Å². The largest absolute Gasteiger partial charge is 0.462 e. The fourth-order valence-electron chi connectivity index (χ4n) is 8.58. The number of cyclic esters (lactones) is 1. The molecule has 0 radical (unpaired) electrons. The first-order valence-corrected chi connectivity index (χ1v) is 25.2. The molecule has 3 aliphatic rings. The summed E-state index contributed by atoms with van der Waals surface area (Å²) in [5, 5.41) is 124. The molecule has 2 amide bonds. The molecule has 3 rings (SSSR count). The predicted molar refractivity (Wildman–Crippen MR) is 268 cm³/mol. The number of carbonyl (C=O) groups excluding carboxylic acids is 3. The molecule has 1 unspecified atom stereocenters. The minimum absolute atomic E-state index is 0.00166. The highest BCUT2D eigenvalue weighted by Crippen LogP contribution is 2.35. The van der Waals surface area contributed by atoms with Crippen molar-refractivity contribution in [1.29, 1.82) is 0 Å². The second-order valence-electron chi connectivity index (χ2n) is 19.4. The number of esters is 1. The summed E-state index contributed by atoms with van der Waals surface area (Å²) in [4.78, 5) is 38.1. The number of hydrogen-bond donors (Lipinski definition) is 14. The first kappa shape index (κ1) is 63.3. The van der Waals surface area contributed by atoms with E-state index in [1.54, 1.807) is 86.8 Å². The third kappa shape index (κ3) is 22.8. The number of hydrogen-bond acceptors (Lipinski definition) is 19. The van der Waals surface area contributed by atoms with E-state index in [-0.39, 0.29) is 56.8 Å². The highest BCUT2D eigenvalue weighted by atomic mass is 16.7. The van der Waals surface area contributed by atoms with Gasteiger partial charge < -0.3 is 91.5 Å². The van der Waals surface area contributed by atoms with E-state index in [0.717, 1.165) is 0 Å². The van der Waals surface area contributed by atoms with E-state index < -0.39 is 154 Å². The van der Waals surface area contributed by atoms with Gasteiger partial charge in [0.1, 0.15) is 12.2 Å². The van der Waals surface area contributed by atoms with Crippen LogP contribution in [-0.2, 0) is 28.5 Å². The molecular weight excluding hydrogens is 955 g/mol. The highest BCUT2D eigenvalue weighted by Gasteiger charge is 2.49. The lowest BCUT2D eigenvalue weighted by atomic mass is 9.87. The van der Waals surface area contributed by atoms with Gasteiger partial charge in [0.05, 0.1) is 92.2 Å². The number of carbonyl (C=O) groups is 3. The molecule has 2 saturated heterocycles. The molecule has 0 spiro atoms. The molecule has 0 aromatic heterocycles. The van der Waals surface area contributed by atoms with E-state index in [9.17, 15) is 65.4 Å². The minimum atomic E-state index is -2.32. The van der Waals surface area contributed by atoms with Gasteiger partial charge >= 0.3 is 12.0 Å². The van der Waals surface area contributed by atoms with Crippen molar-refractivity contribution in [2.24, 2.45) is 17.6 Å². The van der Waals surface area contributed by atoms with E-state index in [2.05, 4.69) is 10.6 Å². The number of nitrogens with one attached hydrogen (secondary N) is 2. The summed E-state index contributed by atoms with van der Waals surface area (Å²) in [7, 11) is 0. The van der Waals surface area contributed by atoms with Crippen molar-refractivity contribution in [2.75, 3.05) is 13.2 Å².